The van der Waals surface area contributed by atoms with E-state index in [0.29, 0.717) is 37.8 Å². The highest BCUT2D eigenvalue weighted by molar-refractivity contribution is 5.99. The van der Waals surface area contributed by atoms with Gasteiger partial charge < -0.3 is 21.9 Å². The van der Waals surface area contributed by atoms with Gasteiger partial charge in [-0.25, -0.2) is 9.07 Å². The number of benzene rings is 1. The van der Waals surface area contributed by atoms with Crippen LogP contribution in [0.1, 0.15) is 66.8 Å². The number of fused-ring (bicyclic) bond motifs is 1. The van der Waals surface area contributed by atoms with E-state index in [9.17, 15) is 27.9 Å². The first-order valence-corrected chi connectivity index (χ1v) is 11.8. The van der Waals surface area contributed by atoms with Crippen LogP contribution in [0.25, 0.3) is 5.69 Å². The number of nitrogens with two attached hydrogens (primary N) is 2. The molecule has 0 bridgehead atoms. The van der Waals surface area contributed by atoms with E-state index in [-0.39, 0.29) is 28.8 Å². The molecule has 1 aromatic carbocycles. The minimum atomic E-state index is -4.69. The van der Waals surface area contributed by atoms with Crippen molar-refractivity contribution in [2.75, 3.05) is 5.32 Å². The van der Waals surface area contributed by atoms with Crippen molar-refractivity contribution >= 4 is 17.6 Å². The van der Waals surface area contributed by atoms with Gasteiger partial charge in [-0.2, -0.15) is 18.3 Å². The molecule has 1 fully saturated rings. The predicted octanol–water partition coefficient (Wildman–Crippen LogP) is 3.64. The number of carbonyl (C=O) groups is 2. The van der Waals surface area contributed by atoms with Gasteiger partial charge in [-0.3, -0.25) is 9.59 Å². The van der Waals surface area contributed by atoms with Gasteiger partial charge in [0.2, 0.25) is 0 Å². The van der Waals surface area contributed by atoms with E-state index in [4.69, 9.17) is 11.5 Å². The maximum absolute atomic E-state index is 15.2. The number of primary amides is 1. The first kappa shape index (κ1) is 25.9. The van der Waals surface area contributed by atoms with E-state index in [1.807, 2.05) is 13.8 Å². The maximum Gasteiger partial charge on any atom is 0.435 e. The lowest BCUT2D eigenvalue weighted by molar-refractivity contribution is -0.142. The number of carbonyl (C=O) groups excluding carboxylic acids is 1. The monoisotopic (exact) mass is 511 g/mol. The van der Waals surface area contributed by atoms with E-state index in [1.54, 1.807) is 0 Å². The minimum Gasteiger partial charge on any atom is -0.480 e. The molecular weight excluding hydrogens is 482 g/mol. The second-order valence-corrected chi connectivity index (χ2v) is 10.4. The normalized spacial score (nSPS) is 22.2. The van der Waals surface area contributed by atoms with Crippen molar-refractivity contribution in [3.8, 4) is 5.69 Å². The summed E-state index contributed by atoms with van der Waals surface area (Å²) < 4.78 is 57.7. The summed E-state index contributed by atoms with van der Waals surface area (Å²) in [7, 11) is 0. The number of rotatable bonds is 6. The Bertz CT molecular complexity index is 1210. The molecule has 0 radical (unpaired) electrons. The molecule has 0 spiro atoms. The van der Waals surface area contributed by atoms with Gasteiger partial charge in [0, 0.05) is 29.3 Å². The fourth-order valence-corrected chi connectivity index (χ4v) is 5.44. The molecule has 4 rings (SSSR count). The fourth-order valence-electron chi connectivity index (χ4n) is 5.44. The van der Waals surface area contributed by atoms with Crippen LogP contribution in [0.15, 0.2) is 12.1 Å². The van der Waals surface area contributed by atoms with Crippen LogP contribution in [0.5, 0.6) is 0 Å². The number of nitrogens with zero attached hydrogens (tertiary/aromatic N) is 2. The summed E-state index contributed by atoms with van der Waals surface area (Å²) in [6, 6.07) is 0.597. The Morgan fingerprint density at radius 1 is 1.28 bits per heavy atom. The molecule has 1 saturated carbocycles. The zero-order valence-corrected chi connectivity index (χ0v) is 20.0. The molecule has 2 aliphatic rings. The highest BCUT2D eigenvalue weighted by Gasteiger charge is 2.42. The van der Waals surface area contributed by atoms with Crippen molar-refractivity contribution in [3.63, 3.8) is 0 Å². The summed E-state index contributed by atoms with van der Waals surface area (Å²) in [5, 5.41) is 16.2. The van der Waals surface area contributed by atoms with Crippen LogP contribution in [-0.4, -0.2) is 38.8 Å². The predicted molar refractivity (Wildman–Crippen MR) is 123 cm³/mol. The second kappa shape index (κ2) is 9.06. The van der Waals surface area contributed by atoms with Crippen LogP contribution in [0, 0.1) is 17.2 Å². The van der Waals surface area contributed by atoms with E-state index < -0.39 is 53.1 Å². The first-order valence-electron chi connectivity index (χ1n) is 11.8. The van der Waals surface area contributed by atoms with Gasteiger partial charge in [0.15, 0.2) is 5.69 Å². The van der Waals surface area contributed by atoms with Crippen LogP contribution >= 0.6 is 0 Å². The fraction of sp³-hybridized carbons (Fsp3) is 0.542. The molecule has 0 saturated heterocycles. The number of halogens is 4. The Balaban J connectivity index is 1.83. The summed E-state index contributed by atoms with van der Waals surface area (Å²) in [4.78, 5) is 23.5. The molecule has 36 heavy (non-hydrogen) atoms. The highest BCUT2D eigenvalue weighted by Crippen LogP contribution is 2.42. The first-order chi connectivity index (χ1) is 16.7. The second-order valence-electron chi connectivity index (χ2n) is 10.4. The molecule has 196 valence electrons. The molecule has 2 aromatic rings. The van der Waals surface area contributed by atoms with Crippen LogP contribution in [-0.2, 0) is 23.8 Å². The zero-order valence-electron chi connectivity index (χ0n) is 20.0. The van der Waals surface area contributed by atoms with E-state index >= 15 is 4.39 Å². The number of alkyl halides is 3. The van der Waals surface area contributed by atoms with Crippen LogP contribution in [0.2, 0.25) is 0 Å². The summed E-state index contributed by atoms with van der Waals surface area (Å²) in [6.45, 7) is 3.88. The van der Waals surface area contributed by atoms with E-state index in [0.717, 1.165) is 10.7 Å². The quantitative estimate of drug-likeness (QED) is 0.437. The molecule has 6 N–H and O–H groups in total. The average Bonchev–Trinajstić information content (AvgIpc) is 3.35. The molecule has 1 amide bonds. The number of aromatic nitrogens is 2. The Labute approximate surface area is 205 Å². The standard InChI is InChI=1S/C24H29F4N5O3/c1-23(2)7-6-13-17(10-23)33(32-20(13)24(26,27)28)11-8-14(25)18(21(30)34)16(9-11)31-15-5-3-4-12(15)19(29)22(35)36/h8-9,12,15,19,31H,3-7,10,29H2,1-2H3,(H2,30,34)(H,35,36)/t12?,15?,19-/m0/s1. The number of carboxylic acids is 1. The van der Waals surface area contributed by atoms with Gasteiger partial charge in [0.25, 0.3) is 5.91 Å². The van der Waals surface area contributed by atoms with Crippen molar-refractivity contribution in [1.82, 2.24) is 9.78 Å². The molecule has 12 heteroatoms. The number of nitrogens with one attached hydrogen (secondary N) is 1. The summed E-state index contributed by atoms with van der Waals surface area (Å²) in [5.74, 6) is -3.77. The maximum atomic E-state index is 15.2. The van der Waals surface area contributed by atoms with Gasteiger partial charge in [0.1, 0.15) is 11.9 Å². The molecule has 2 aliphatic carbocycles. The highest BCUT2D eigenvalue weighted by atomic mass is 19.4. The Morgan fingerprint density at radius 2 is 1.97 bits per heavy atom. The van der Waals surface area contributed by atoms with Crippen LogP contribution in [0.4, 0.5) is 23.2 Å². The number of aliphatic carboxylic acids is 1. The van der Waals surface area contributed by atoms with Gasteiger partial charge in [-0.05, 0) is 43.6 Å². The largest absolute Gasteiger partial charge is 0.480 e. The third-order valence-corrected chi connectivity index (χ3v) is 7.28. The minimum absolute atomic E-state index is 0.00142. The SMILES string of the molecule is CC1(C)CCc2c(C(F)(F)F)nn(-c3cc(F)c(C(N)=O)c(NC4CCCC4[C@H](N)C(=O)O)c3)c2C1. The number of amides is 1. The number of anilines is 1. The molecule has 1 heterocycles. The van der Waals surface area contributed by atoms with Gasteiger partial charge in [0.05, 0.1) is 16.9 Å². The van der Waals surface area contributed by atoms with Gasteiger partial charge in [-0.1, -0.05) is 20.3 Å². The average molecular weight is 512 g/mol. The molecular formula is C24H29F4N5O3. The van der Waals surface area contributed by atoms with Gasteiger partial charge in [-0.15, -0.1) is 0 Å². The lowest BCUT2D eigenvalue weighted by Gasteiger charge is -2.30. The lowest BCUT2D eigenvalue weighted by atomic mass is 9.76. The molecule has 1 aromatic heterocycles. The summed E-state index contributed by atoms with van der Waals surface area (Å²) in [6.07, 6.45) is -1.98. The Hall–Kier alpha value is -3.15. The Morgan fingerprint density at radius 3 is 2.58 bits per heavy atom. The molecule has 0 aliphatic heterocycles. The van der Waals surface area contributed by atoms with Crippen molar-refractivity contribution in [3.05, 3.63) is 40.5 Å². The van der Waals surface area contributed by atoms with E-state index in [2.05, 4.69) is 10.4 Å². The smallest absolute Gasteiger partial charge is 0.435 e. The van der Waals surface area contributed by atoms with Crippen LogP contribution < -0.4 is 16.8 Å². The number of hydrogen-bond donors (Lipinski definition) is 4. The summed E-state index contributed by atoms with van der Waals surface area (Å²) >= 11 is 0. The van der Waals surface area contributed by atoms with Crippen molar-refractivity contribution < 1.29 is 32.3 Å². The third-order valence-electron chi connectivity index (χ3n) is 7.28. The summed E-state index contributed by atoms with van der Waals surface area (Å²) in [5.41, 5.74) is 9.87. The number of hydrogen-bond acceptors (Lipinski definition) is 5. The van der Waals surface area contributed by atoms with Crippen molar-refractivity contribution in [2.45, 2.75) is 70.6 Å². The van der Waals surface area contributed by atoms with Crippen molar-refractivity contribution in [2.24, 2.45) is 22.8 Å². The van der Waals surface area contributed by atoms with Crippen molar-refractivity contribution in [1.29, 1.82) is 0 Å². The van der Waals surface area contributed by atoms with E-state index in [1.165, 1.54) is 6.07 Å². The third kappa shape index (κ3) is 4.78. The van der Waals surface area contributed by atoms with Crippen LogP contribution in [0.3, 0.4) is 0 Å². The molecule has 8 nitrogen and oxygen atoms in total. The molecule has 2 unspecified atom stereocenters. The zero-order chi connectivity index (χ0) is 26.6. The molecule has 3 atom stereocenters. The topological polar surface area (TPSA) is 136 Å². The lowest BCUT2D eigenvalue weighted by Crippen LogP contribution is -2.44. The Kier molecular flexibility index (Phi) is 6.52. The number of carboxylic acid groups (broad SMARTS) is 1. The van der Waals surface area contributed by atoms with Gasteiger partial charge >= 0.3 is 12.1 Å².